The van der Waals surface area contributed by atoms with Crippen LogP contribution in [-0.4, -0.2) is 37.2 Å². The highest BCUT2D eigenvalue weighted by Gasteiger charge is 2.22. The summed E-state index contributed by atoms with van der Waals surface area (Å²) in [6.07, 6.45) is 1.42. The molecule has 1 aromatic carbocycles. The number of rotatable bonds is 4. The first-order chi connectivity index (χ1) is 13.8. The predicted octanol–water partition coefficient (Wildman–Crippen LogP) is 0.00370. The summed E-state index contributed by atoms with van der Waals surface area (Å²) >= 11 is 0. The molecule has 0 fully saturated rings. The van der Waals surface area contributed by atoms with Gasteiger partial charge in [0.2, 0.25) is 12.7 Å². The highest BCUT2D eigenvalue weighted by Crippen LogP contribution is 2.37. The maximum Gasteiger partial charge on any atom is 0.332 e. The van der Waals surface area contributed by atoms with E-state index < -0.39 is 23.7 Å². The Balaban J connectivity index is 1.70. The number of benzene rings is 1. The van der Waals surface area contributed by atoms with Gasteiger partial charge in [-0.15, -0.1) is 0 Å². The third-order valence-corrected chi connectivity index (χ3v) is 4.67. The van der Waals surface area contributed by atoms with Crippen LogP contribution >= 0.6 is 0 Å². The number of aryl methyl sites for hydroxylation is 2. The van der Waals surface area contributed by atoms with Gasteiger partial charge in [-0.1, -0.05) is 0 Å². The normalized spacial score (nSPS) is 12.4. The van der Waals surface area contributed by atoms with Crippen molar-refractivity contribution in [3.8, 4) is 11.5 Å². The van der Waals surface area contributed by atoms with Crippen molar-refractivity contribution >= 4 is 28.5 Å². The molecule has 1 aliphatic rings. The lowest BCUT2D eigenvalue weighted by molar-refractivity contribution is -0.116. The summed E-state index contributed by atoms with van der Waals surface area (Å²) in [5.74, 6) is -0.148. The molecule has 0 saturated carbocycles. The molecule has 0 aliphatic carbocycles. The Labute approximate surface area is 163 Å². The number of imidazole rings is 1. The molecule has 0 bridgehead atoms. The van der Waals surface area contributed by atoms with Crippen LogP contribution in [0.25, 0.3) is 11.2 Å². The fourth-order valence-corrected chi connectivity index (χ4v) is 3.21. The number of hydrogen-bond acceptors (Lipinski definition) is 7. The van der Waals surface area contributed by atoms with Gasteiger partial charge in [-0.25, -0.2) is 14.3 Å². The van der Waals surface area contributed by atoms with Crippen molar-refractivity contribution in [3.05, 3.63) is 44.9 Å². The standard InChI is InChI=1S/C18H17N5O6/c1-9(24)10-4-12-13(29-8-28-12)5-11(10)20-14(25)6-23-17(26)15-16(19-7-21(15)2)22(3)18(23)27/h4-5,7H,6,8H2,1-3H3,(H,20,25). The Morgan fingerprint density at radius 1 is 1.17 bits per heavy atom. The fourth-order valence-electron chi connectivity index (χ4n) is 3.21. The minimum Gasteiger partial charge on any atom is -0.454 e. The van der Waals surface area contributed by atoms with Gasteiger partial charge in [0.15, 0.2) is 28.4 Å². The van der Waals surface area contributed by atoms with E-state index in [2.05, 4.69) is 10.3 Å². The van der Waals surface area contributed by atoms with Gasteiger partial charge < -0.3 is 19.4 Å². The van der Waals surface area contributed by atoms with Crippen LogP contribution in [0.4, 0.5) is 5.69 Å². The summed E-state index contributed by atoms with van der Waals surface area (Å²) < 4.78 is 14.0. The Kier molecular flexibility index (Phi) is 4.22. The lowest BCUT2D eigenvalue weighted by Gasteiger charge is -2.12. The summed E-state index contributed by atoms with van der Waals surface area (Å²) in [6, 6.07) is 2.95. The summed E-state index contributed by atoms with van der Waals surface area (Å²) in [7, 11) is 3.09. The summed E-state index contributed by atoms with van der Waals surface area (Å²) in [6.45, 7) is 0.836. The van der Waals surface area contributed by atoms with Crippen molar-refractivity contribution in [2.24, 2.45) is 14.1 Å². The molecule has 11 heteroatoms. The first-order valence-corrected chi connectivity index (χ1v) is 8.63. The van der Waals surface area contributed by atoms with E-state index >= 15 is 0 Å². The fraction of sp³-hybridized carbons (Fsp3) is 0.278. The zero-order chi connectivity index (χ0) is 20.9. The Morgan fingerprint density at radius 3 is 2.55 bits per heavy atom. The second kappa shape index (κ2) is 6.62. The van der Waals surface area contributed by atoms with Crippen LogP contribution in [0.15, 0.2) is 28.0 Å². The van der Waals surface area contributed by atoms with Crippen LogP contribution in [0.2, 0.25) is 0 Å². The summed E-state index contributed by atoms with van der Waals surface area (Å²) in [5.41, 5.74) is -0.436. The number of hydrogen-bond donors (Lipinski definition) is 1. The molecule has 11 nitrogen and oxygen atoms in total. The number of fused-ring (bicyclic) bond motifs is 2. The van der Waals surface area contributed by atoms with E-state index in [-0.39, 0.29) is 35.0 Å². The van der Waals surface area contributed by atoms with Gasteiger partial charge >= 0.3 is 5.69 Å². The van der Waals surface area contributed by atoms with E-state index in [4.69, 9.17) is 9.47 Å². The highest BCUT2D eigenvalue weighted by atomic mass is 16.7. The number of nitrogens with one attached hydrogen (secondary N) is 1. The van der Waals surface area contributed by atoms with Crippen LogP contribution in [0.3, 0.4) is 0 Å². The van der Waals surface area contributed by atoms with Crippen molar-refractivity contribution < 1.29 is 19.1 Å². The van der Waals surface area contributed by atoms with Gasteiger partial charge in [-0.2, -0.15) is 0 Å². The topological polar surface area (TPSA) is 126 Å². The van der Waals surface area contributed by atoms with Gasteiger partial charge in [0.1, 0.15) is 6.54 Å². The second-order valence-electron chi connectivity index (χ2n) is 6.62. The molecule has 1 N–H and O–H groups in total. The Morgan fingerprint density at radius 2 is 1.86 bits per heavy atom. The summed E-state index contributed by atoms with van der Waals surface area (Å²) in [5, 5.41) is 2.57. The molecule has 3 heterocycles. The molecule has 0 saturated heterocycles. The smallest absolute Gasteiger partial charge is 0.332 e. The van der Waals surface area contributed by atoms with Gasteiger partial charge in [-0.3, -0.25) is 19.0 Å². The number of anilines is 1. The van der Waals surface area contributed by atoms with E-state index in [0.29, 0.717) is 11.5 Å². The van der Waals surface area contributed by atoms with Gasteiger partial charge in [-0.05, 0) is 13.0 Å². The van der Waals surface area contributed by atoms with Crippen molar-refractivity contribution in [1.82, 2.24) is 18.7 Å². The van der Waals surface area contributed by atoms with E-state index in [9.17, 15) is 19.2 Å². The quantitative estimate of drug-likeness (QED) is 0.612. The largest absolute Gasteiger partial charge is 0.454 e. The SMILES string of the molecule is CC(=O)c1cc2c(cc1NC(=O)Cn1c(=O)c3c(ncn3C)n(C)c1=O)OCO2. The number of amides is 1. The molecule has 1 amide bonds. The van der Waals surface area contributed by atoms with Gasteiger partial charge in [0.05, 0.1) is 12.0 Å². The first kappa shape index (κ1) is 18.5. The molecule has 1 aliphatic heterocycles. The van der Waals surface area contributed by atoms with E-state index in [1.807, 2.05) is 0 Å². The number of nitrogens with zero attached hydrogens (tertiary/aromatic N) is 4. The Hall–Kier alpha value is -3.89. The number of carbonyl (C=O) groups is 2. The number of Topliss-reactive ketones (excluding diaryl/α,β-unsaturated/α-hetero) is 1. The minimum atomic E-state index is -0.672. The van der Waals surface area contributed by atoms with E-state index in [0.717, 1.165) is 4.57 Å². The second-order valence-corrected chi connectivity index (χ2v) is 6.62. The first-order valence-electron chi connectivity index (χ1n) is 8.63. The van der Waals surface area contributed by atoms with Crippen LogP contribution in [0.1, 0.15) is 17.3 Å². The lowest BCUT2D eigenvalue weighted by Crippen LogP contribution is -2.42. The number of ether oxygens (including phenoxy) is 2. The van der Waals surface area contributed by atoms with E-state index in [1.54, 1.807) is 7.05 Å². The zero-order valence-corrected chi connectivity index (χ0v) is 15.9. The third-order valence-electron chi connectivity index (χ3n) is 4.67. The number of ketones is 1. The molecule has 0 spiro atoms. The molecule has 0 radical (unpaired) electrons. The minimum absolute atomic E-state index is 0.0141. The third kappa shape index (κ3) is 2.96. The van der Waals surface area contributed by atoms with Crippen molar-refractivity contribution in [1.29, 1.82) is 0 Å². The summed E-state index contributed by atoms with van der Waals surface area (Å²) in [4.78, 5) is 53.8. The molecule has 29 heavy (non-hydrogen) atoms. The van der Waals surface area contributed by atoms with Crippen molar-refractivity contribution in [2.75, 3.05) is 12.1 Å². The molecule has 2 aromatic heterocycles. The van der Waals surface area contributed by atoms with Gasteiger partial charge in [0.25, 0.3) is 5.56 Å². The molecule has 3 aromatic rings. The molecule has 0 atom stereocenters. The molecular weight excluding hydrogens is 382 g/mol. The lowest BCUT2D eigenvalue weighted by atomic mass is 10.1. The van der Waals surface area contributed by atoms with Crippen molar-refractivity contribution in [3.63, 3.8) is 0 Å². The van der Waals surface area contributed by atoms with Crippen LogP contribution in [0.5, 0.6) is 11.5 Å². The molecule has 0 unspecified atom stereocenters. The maximum atomic E-state index is 12.7. The van der Waals surface area contributed by atoms with Gasteiger partial charge in [0, 0.05) is 25.7 Å². The Bertz CT molecular complexity index is 1300. The average molecular weight is 399 g/mol. The predicted molar refractivity (Wildman–Crippen MR) is 101 cm³/mol. The monoisotopic (exact) mass is 399 g/mol. The van der Waals surface area contributed by atoms with Crippen LogP contribution in [-0.2, 0) is 25.4 Å². The highest BCUT2D eigenvalue weighted by molar-refractivity contribution is 6.04. The maximum absolute atomic E-state index is 12.7. The zero-order valence-electron chi connectivity index (χ0n) is 15.9. The molecule has 150 valence electrons. The molecule has 4 rings (SSSR count). The number of carbonyl (C=O) groups excluding carboxylic acids is 2. The van der Waals surface area contributed by atoms with Crippen LogP contribution < -0.4 is 26.0 Å². The average Bonchev–Trinajstić information content (AvgIpc) is 3.28. The number of aromatic nitrogens is 4. The van der Waals surface area contributed by atoms with Crippen molar-refractivity contribution in [2.45, 2.75) is 13.5 Å². The van der Waals surface area contributed by atoms with Crippen LogP contribution in [0, 0.1) is 0 Å². The van der Waals surface area contributed by atoms with E-state index in [1.165, 1.54) is 41.6 Å². The molecular formula is C18H17N5O6.